The number of rotatable bonds is 4. The van der Waals surface area contributed by atoms with Crippen molar-refractivity contribution in [2.24, 2.45) is 5.92 Å². The number of likely N-dealkylation sites (tertiary alicyclic amines) is 1. The summed E-state index contributed by atoms with van der Waals surface area (Å²) in [5.41, 5.74) is 0.876. The van der Waals surface area contributed by atoms with Gasteiger partial charge in [0.05, 0.1) is 5.56 Å². The van der Waals surface area contributed by atoms with E-state index in [-0.39, 0.29) is 5.91 Å². The van der Waals surface area contributed by atoms with Crippen LogP contribution in [-0.2, 0) is 0 Å². The molecule has 3 rings (SSSR count). The van der Waals surface area contributed by atoms with Crippen molar-refractivity contribution < 1.29 is 4.79 Å². The Morgan fingerprint density at radius 2 is 2.10 bits per heavy atom. The molecule has 2 aromatic rings. The van der Waals surface area contributed by atoms with Gasteiger partial charge in [-0.25, -0.2) is 0 Å². The van der Waals surface area contributed by atoms with Crippen molar-refractivity contribution in [3.63, 3.8) is 0 Å². The number of hydrogen-bond acceptors (Lipinski definition) is 3. The molecule has 1 amide bonds. The maximum atomic E-state index is 12.7. The smallest absolute Gasteiger partial charge is 0.255 e. The van der Waals surface area contributed by atoms with Crippen LogP contribution in [0.25, 0.3) is 10.1 Å². The summed E-state index contributed by atoms with van der Waals surface area (Å²) in [4.78, 5) is 14.7. The number of nitrogens with zero attached hydrogens (tertiary/aromatic N) is 1. The predicted molar refractivity (Wildman–Crippen MR) is 89.0 cm³/mol. The zero-order valence-electron chi connectivity index (χ0n) is 12.5. The molecule has 0 unspecified atom stereocenters. The van der Waals surface area contributed by atoms with Gasteiger partial charge in [-0.1, -0.05) is 25.1 Å². The van der Waals surface area contributed by atoms with E-state index < -0.39 is 0 Å². The number of carbonyl (C=O) groups is 1. The highest BCUT2D eigenvalue weighted by Gasteiger charge is 2.24. The lowest BCUT2D eigenvalue weighted by atomic mass is 9.96. The Labute approximate surface area is 130 Å². The van der Waals surface area contributed by atoms with Crippen LogP contribution < -0.4 is 5.32 Å². The van der Waals surface area contributed by atoms with E-state index in [1.807, 2.05) is 22.4 Å². The van der Waals surface area contributed by atoms with Crippen LogP contribution in [0.15, 0.2) is 29.6 Å². The standard InChI is InChI=1S/C17H22N2OS/c1-2-18-11-13-7-9-19(10-8-13)17(20)15-12-21-16-6-4-3-5-14(15)16/h3-6,12-13,18H,2,7-11H2,1H3. The van der Waals surface area contributed by atoms with Crippen LogP contribution >= 0.6 is 11.3 Å². The van der Waals surface area contributed by atoms with E-state index >= 15 is 0 Å². The molecular formula is C17H22N2OS. The van der Waals surface area contributed by atoms with Gasteiger partial charge in [-0.05, 0) is 37.9 Å². The highest BCUT2D eigenvalue weighted by molar-refractivity contribution is 7.17. The average molecular weight is 302 g/mol. The van der Waals surface area contributed by atoms with Gasteiger partial charge in [-0.2, -0.15) is 0 Å². The Kier molecular flexibility index (Phi) is 4.56. The van der Waals surface area contributed by atoms with Crippen molar-refractivity contribution in [1.82, 2.24) is 10.2 Å². The zero-order chi connectivity index (χ0) is 14.7. The van der Waals surface area contributed by atoms with Crippen LogP contribution in [0.3, 0.4) is 0 Å². The van der Waals surface area contributed by atoms with Crippen molar-refractivity contribution in [3.8, 4) is 0 Å². The van der Waals surface area contributed by atoms with Gasteiger partial charge in [0.1, 0.15) is 0 Å². The summed E-state index contributed by atoms with van der Waals surface area (Å²) in [7, 11) is 0. The second kappa shape index (κ2) is 6.58. The fourth-order valence-electron chi connectivity index (χ4n) is 3.00. The lowest BCUT2D eigenvalue weighted by Gasteiger charge is -2.32. The number of amides is 1. The van der Waals surface area contributed by atoms with E-state index in [4.69, 9.17) is 0 Å². The maximum absolute atomic E-state index is 12.7. The molecule has 4 heteroatoms. The Hall–Kier alpha value is -1.39. The molecule has 21 heavy (non-hydrogen) atoms. The van der Waals surface area contributed by atoms with E-state index in [9.17, 15) is 4.79 Å². The minimum absolute atomic E-state index is 0.203. The van der Waals surface area contributed by atoms with Gasteiger partial charge in [0.25, 0.3) is 5.91 Å². The van der Waals surface area contributed by atoms with Crippen LogP contribution in [0.1, 0.15) is 30.1 Å². The Balaban J connectivity index is 1.67. The second-order valence-corrected chi connectivity index (χ2v) is 6.60. The first-order valence-electron chi connectivity index (χ1n) is 7.75. The topological polar surface area (TPSA) is 32.3 Å². The first-order chi connectivity index (χ1) is 10.3. The lowest BCUT2D eigenvalue weighted by Crippen LogP contribution is -2.40. The third-order valence-corrected chi connectivity index (χ3v) is 5.26. The number of hydrogen-bond donors (Lipinski definition) is 1. The average Bonchev–Trinajstić information content (AvgIpc) is 2.97. The molecule has 1 aliphatic heterocycles. The van der Waals surface area contributed by atoms with E-state index in [1.165, 1.54) is 4.70 Å². The molecule has 1 N–H and O–H groups in total. The molecule has 0 saturated carbocycles. The van der Waals surface area contributed by atoms with Crippen LogP contribution in [0.2, 0.25) is 0 Å². The zero-order valence-corrected chi connectivity index (χ0v) is 13.3. The van der Waals surface area contributed by atoms with Crippen molar-refractivity contribution in [1.29, 1.82) is 0 Å². The number of fused-ring (bicyclic) bond motifs is 1. The molecule has 2 heterocycles. The minimum atomic E-state index is 0.203. The van der Waals surface area contributed by atoms with Gasteiger partial charge in [-0.15, -0.1) is 11.3 Å². The van der Waals surface area contributed by atoms with Crippen LogP contribution in [0.5, 0.6) is 0 Å². The van der Waals surface area contributed by atoms with E-state index in [1.54, 1.807) is 11.3 Å². The number of carbonyl (C=O) groups excluding carboxylic acids is 1. The number of nitrogens with one attached hydrogen (secondary N) is 1. The molecular weight excluding hydrogens is 280 g/mol. The van der Waals surface area contributed by atoms with Crippen LogP contribution in [0, 0.1) is 5.92 Å². The fourth-order valence-corrected chi connectivity index (χ4v) is 3.94. The summed E-state index contributed by atoms with van der Waals surface area (Å²) >= 11 is 1.66. The molecule has 112 valence electrons. The summed E-state index contributed by atoms with van der Waals surface area (Å²) in [5.74, 6) is 0.919. The van der Waals surface area contributed by atoms with Gasteiger partial charge in [0, 0.05) is 28.6 Å². The normalized spacial score (nSPS) is 16.5. The summed E-state index contributed by atoms with van der Waals surface area (Å²) in [5, 5.41) is 6.52. The van der Waals surface area contributed by atoms with Crippen molar-refractivity contribution in [2.45, 2.75) is 19.8 Å². The fraction of sp³-hybridized carbons (Fsp3) is 0.471. The highest BCUT2D eigenvalue weighted by atomic mass is 32.1. The third kappa shape index (κ3) is 3.11. The molecule has 1 aliphatic rings. The van der Waals surface area contributed by atoms with Gasteiger partial charge in [-0.3, -0.25) is 4.79 Å². The Morgan fingerprint density at radius 1 is 1.33 bits per heavy atom. The molecule has 1 aromatic heterocycles. The summed E-state index contributed by atoms with van der Waals surface area (Å²) < 4.78 is 1.20. The van der Waals surface area contributed by atoms with Crippen LogP contribution in [0.4, 0.5) is 0 Å². The summed E-state index contributed by atoms with van der Waals surface area (Å²) in [6, 6.07) is 8.17. The van der Waals surface area contributed by atoms with Crippen molar-refractivity contribution in [2.75, 3.05) is 26.2 Å². The van der Waals surface area contributed by atoms with Gasteiger partial charge in [0.15, 0.2) is 0 Å². The highest BCUT2D eigenvalue weighted by Crippen LogP contribution is 2.28. The van der Waals surface area contributed by atoms with E-state index in [2.05, 4.69) is 24.4 Å². The first-order valence-corrected chi connectivity index (χ1v) is 8.63. The quantitative estimate of drug-likeness (QED) is 0.939. The molecule has 1 aromatic carbocycles. The monoisotopic (exact) mass is 302 g/mol. The predicted octanol–water partition coefficient (Wildman–Crippen LogP) is 3.36. The molecule has 0 atom stereocenters. The number of piperidine rings is 1. The van der Waals surface area contributed by atoms with E-state index in [0.717, 1.165) is 50.0 Å². The van der Waals surface area contributed by atoms with Gasteiger partial charge < -0.3 is 10.2 Å². The summed E-state index contributed by atoms with van der Waals surface area (Å²) in [6.07, 6.45) is 2.22. The maximum Gasteiger partial charge on any atom is 0.255 e. The largest absolute Gasteiger partial charge is 0.339 e. The lowest BCUT2D eigenvalue weighted by molar-refractivity contribution is 0.0693. The summed E-state index contributed by atoms with van der Waals surface area (Å²) in [6.45, 7) is 6.03. The molecule has 3 nitrogen and oxygen atoms in total. The number of thiophene rings is 1. The molecule has 1 saturated heterocycles. The Morgan fingerprint density at radius 3 is 2.86 bits per heavy atom. The first kappa shape index (κ1) is 14.5. The molecule has 1 fully saturated rings. The Bertz CT molecular complexity index is 614. The molecule has 0 spiro atoms. The second-order valence-electron chi connectivity index (χ2n) is 5.69. The molecule has 0 aliphatic carbocycles. The molecule has 0 radical (unpaired) electrons. The minimum Gasteiger partial charge on any atom is -0.339 e. The number of benzene rings is 1. The van der Waals surface area contributed by atoms with Gasteiger partial charge >= 0.3 is 0 Å². The third-order valence-electron chi connectivity index (χ3n) is 4.30. The van der Waals surface area contributed by atoms with Crippen LogP contribution in [-0.4, -0.2) is 37.0 Å². The SMILES string of the molecule is CCNCC1CCN(C(=O)c2csc3ccccc23)CC1. The van der Waals surface area contributed by atoms with Crippen molar-refractivity contribution in [3.05, 3.63) is 35.2 Å². The van der Waals surface area contributed by atoms with E-state index in [0.29, 0.717) is 5.92 Å². The van der Waals surface area contributed by atoms with Crippen molar-refractivity contribution >= 4 is 27.3 Å². The van der Waals surface area contributed by atoms with Gasteiger partial charge in [0.2, 0.25) is 0 Å². The molecule has 0 bridgehead atoms.